The molecule has 118 valence electrons. The number of amidine groups is 1. The molecule has 0 bridgehead atoms. The molecule has 4 N–H and O–H groups in total. The molecule has 1 unspecified atom stereocenters. The molecule has 1 amide bonds. The van der Waals surface area contributed by atoms with Gasteiger partial charge in [0.15, 0.2) is 0 Å². The van der Waals surface area contributed by atoms with Crippen molar-refractivity contribution in [1.29, 1.82) is 0 Å². The van der Waals surface area contributed by atoms with Crippen molar-refractivity contribution in [2.75, 3.05) is 0 Å². The summed E-state index contributed by atoms with van der Waals surface area (Å²) >= 11 is 0. The lowest BCUT2D eigenvalue weighted by atomic mass is 10.1. The van der Waals surface area contributed by atoms with Gasteiger partial charge in [-0.15, -0.1) is 0 Å². The first-order valence-corrected chi connectivity index (χ1v) is 7.89. The fourth-order valence-corrected chi connectivity index (χ4v) is 2.13. The van der Waals surface area contributed by atoms with E-state index in [1.54, 1.807) is 0 Å². The Morgan fingerprint density at radius 1 is 1.15 bits per heavy atom. The van der Waals surface area contributed by atoms with Crippen molar-refractivity contribution in [3.05, 3.63) is 0 Å². The van der Waals surface area contributed by atoms with Gasteiger partial charge >= 0.3 is 0 Å². The van der Waals surface area contributed by atoms with Crippen molar-refractivity contribution in [2.45, 2.75) is 84.1 Å². The van der Waals surface area contributed by atoms with E-state index >= 15 is 0 Å². The highest BCUT2D eigenvalue weighted by Crippen LogP contribution is 2.08. The third-order valence-electron chi connectivity index (χ3n) is 3.45. The molecule has 0 saturated heterocycles. The summed E-state index contributed by atoms with van der Waals surface area (Å²) in [4.78, 5) is 11.8. The third-order valence-corrected chi connectivity index (χ3v) is 3.45. The molecule has 20 heavy (non-hydrogen) atoms. The molecule has 0 heterocycles. The van der Waals surface area contributed by atoms with Crippen molar-refractivity contribution < 1.29 is 10.0 Å². The highest BCUT2D eigenvalue weighted by atomic mass is 16.4. The highest BCUT2D eigenvalue weighted by molar-refractivity contribution is 5.81. The molecule has 1 atom stereocenters. The Morgan fingerprint density at radius 2 is 1.75 bits per heavy atom. The second kappa shape index (κ2) is 12.8. The Kier molecular flexibility index (Phi) is 12.0. The summed E-state index contributed by atoms with van der Waals surface area (Å²) in [5.41, 5.74) is 5.45. The maximum Gasteiger partial charge on any atom is 0.220 e. The van der Waals surface area contributed by atoms with Crippen LogP contribution in [0.15, 0.2) is 5.16 Å². The van der Waals surface area contributed by atoms with Gasteiger partial charge in [0, 0.05) is 18.9 Å². The Labute approximate surface area is 123 Å². The Bertz CT molecular complexity index is 280. The van der Waals surface area contributed by atoms with Crippen molar-refractivity contribution in [3.8, 4) is 0 Å². The highest BCUT2D eigenvalue weighted by Gasteiger charge is 2.11. The SMILES string of the molecule is CCCCCCCCCC(=O)NC(CC)CC(N)=NO. The molecule has 0 aliphatic heterocycles. The van der Waals surface area contributed by atoms with Crippen LogP contribution in [0.3, 0.4) is 0 Å². The van der Waals surface area contributed by atoms with Gasteiger partial charge < -0.3 is 16.3 Å². The predicted octanol–water partition coefficient (Wildman–Crippen LogP) is 3.16. The monoisotopic (exact) mass is 285 g/mol. The van der Waals surface area contributed by atoms with Crippen LogP contribution in [-0.2, 0) is 4.79 Å². The average molecular weight is 285 g/mol. The normalized spacial score (nSPS) is 13.2. The topological polar surface area (TPSA) is 87.7 Å². The van der Waals surface area contributed by atoms with Crippen LogP contribution in [0, 0.1) is 0 Å². The number of amides is 1. The zero-order valence-electron chi connectivity index (χ0n) is 13.0. The van der Waals surface area contributed by atoms with Gasteiger partial charge in [0.25, 0.3) is 0 Å². The Balaban J connectivity index is 3.65. The molecule has 5 heteroatoms. The molecule has 0 aromatic rings. The minimum atomic E-state index is -0.0389. The summed E-state index contributed by atoms with van der Waals surface area (Å²) in [7, 11) is 0. The minimum Gasteiger partial charge on any atom is -0.409 e. The number of nitrogens with two attached hydrogens (primary N) is 1. The fourth-order valence-electron chi connectivity index (χ4n) is 2.13. The second-order valence-electron chi connectivity index (χ2n) is 5.34. The van der Waals surface area contributed by atoms with E-state index in [9.17, 15) is 4.79 Å². The smallest absolute Gasteiger partial charge is 0.220 e. The van der Waals surface area contributed by atoms with Gasteiger partial charge in [-0.1, -0.05) is 57.5 Å². The number of hydrogen-bond acceptors (Lipinski definition) is 3. The van der Waals surface area contributed by atoms with Crippen LogP contribution in [0.25, 0.3) is 0 Å². The Hall–Kier alpha value is -1.26. The van der Waals surface area contributed by atoms with Crippen LogP contribution in [0.2, 0.25) is 0 Å². The molecule has 0 saturated carbocycles. The molecule has 5 nitrogen and oxygen atoms in total. The van der Waals surface area contributed by atoms with E-state index in [1.807, 2.05) is 6.92 Å². The van der Waals surface area contributed by atoms with Crippen LogP contribution < -0.4 is 11.1 Å². The van der Waals surface area contributed by atoms with Gasteiger partial charge in [0.2, 0.25) is 5.91 Å². The maximum atomic E-state index is 11.8. The number of nitrogens with zero attached hydrogens (tertiary/aromatic N) is 1. The summed E-state index contributed by atoms with van der Waals surface area (Å²) in [5.74, 6) is 0.226. The number of carbonyl (C=O) groups excluding carboxylic acids is 1. The maximum absolute atomic E-state index is 11.8. The van der Waals surface area contributed by atoms with E-state index in [0.29, 0.717) is 12.8 Å². The molecule has 0 aromatic carbocycles. The van der Waals surface area contributed by atoms with E-state index in [4.69, 9.17) is 10.9 Å². The van der Waals surface area contributed by atoms with Gasteiger partial charge in [-0.25, -0.2) is 0 Å². The lowest BCUT2D eigenvalue weighted by Crippen LogP contribution is -2.37. The molecule has 0 rings (SSSR count). The first-order chi connectivity index (χ1) is 9.63. The van der Waals surface area contributed by atoms with Gasteiger partial charge in [0.1, 0.15) is 5.84 Å². The van der Waals surface area contributed by atoms with Crippen molar-refractivity contribution in [1.82, 2.24) is 5.32 Å². The summed E-state index contributed by atoms with van der Waals surface area (Å²) in [6, 6.07) is -0.0389. The molecule has 0 aromatic heterocycles. The Morgan fingerprint density at radius 3 is 2.30 bits per heavy atom. The summed E-state index contributed by atoms with van der Waals surface area (Å²) < 4.78 is 0. The van der Waals surface area contributed by atoms with Crippen molar-refractivity contribution in [2.24, 2.45) is 10.9 Å². The zero-order valence-corrected chi connectivity index (χ0v) is 13.0. The fraction of sp³-hybridized carbons (Fsp3) is 0.867. The van der Waals surface area contributed by atoms with Gasteiger partial charge in [0.05, 0.1) is 0 Å². The molecule has 0 fully saturated rings. The van der Waals surface area contributed by atoms with Crippen LogP contribution in [0.1, 0.15) is 78.1 Å². The lowest BCUT2D eigenvalue weighted by molar-refractivity contribution is -0.121. The number of hydrogen-bond donors (Lipinski definition) is 3. The summed E-state index contributed by atoms with van der Waals surface area (Å²) in [6.45, 7) is 4.19. The number of nitrogens with one attached hydrogen (secondary N) is 1. The van der Waals surface area contributed by atoms with E-state index in [0.717, 1.165) is 19.3 Å². The predicted molar refractivity (Wildman–Crippen MR) is 82.9 cm³/mol. The van der Waals surface area contributed by atoms with E-state index in [1.165, 1.54) is 32.1 Å². The van der Waals surface area contributed by atoms with Crippen LogP contribution in [0.5, 0.6) is 0 Å². The number of unbranched alkanes of at least 4 members (excludes halogenated alkanes) is 6. The molecule has 0 spiro atoms. The molecule has 0 aliphatic rings. The average Bonchev–Trinajstić information content (AvgIpc) is 2.45. The van der Waals surface area contributed by atoms with Crippen LogP contribution in [-0.4, -0.2) is 23.0 Å². The molecular formula is C15H31N3O2. The first kappa shape index (κ1) is 18.7. The quantitative estimate of drug-likeness (QED) is 0.169. The minimum absolute atomic E-state index is 0.0389. The van der Waals surface area contributed by atoms with Crippen LogP contribution in [0.4, 0.5) is 0 Å². The second-order valence-corrected chi connectivity index (χ2v) is 5.34. The van der Waals surface area contributed by atoms with Crippen LogP contribution >= 0.6 is 0 Å². The molecule has 0 aliphatic carbocycles. The van der Waals surface area contributed by atoms with Gasteiger partial charge in [-0.3, -0.25) is 4.79 Å². The largest absolute Gasteiger partial charge is 0.409 e. The van der Waals surface area contributed by atoms with Gasteiger partial charge in [-0.05, 0) is 12.8 Å². The standard InChI is InChI=1S/C15H31N3O2/c1-3-5-6-7-8-9-10-11-15(19)17-13(4-2)12-14(16)18-20/h13,20H,3-12H2,1-2H3,(H2,16,18)(H,17,19). The zero-order chi connectivity index (χ0) is 15.2. The van der Waals surface area contributed by atoms with E-state index in [2.05, 4.69) is 17.4 Å². The molecular weight excluding hydrogens is 254 g/mol. The third kappa shape index (κ3) is 10.6. The van der Waals surface area contributed by atoms with E-state index < -0.39 is 0 Å². The first-order valence-electron chi connectivity index (χ1n) is 7.89. The summed E-state index contributed by atoms with van der Waals surface area (Å²) in [6.07, 6.45) is 10.2. The number of rotatable bonds is 12. The summed E-state index contributed by atoms with van der Waals surface area (Å²) in [5, 5.41) is 14.4. The number of oxime groups is 1. The van der Waals surface area contributed by atoms with Crippen molar-refractivity contribution in [3.63, 3.8) is 0 Å². The molecule has 0 radical (unpaired) electrons. The van der Waals surface area contributed by atoms with Gasteiger partial charge in [-0.2, -0.15) is 0 Å². The van der Waals surface area contributed by atoms with Crippen molar-refractivity contribution >= 4 is 11.7 Å². The number of carbonyl (C=O) groups is 1. The van der Waals surface area contributed by atoms with E-state index in [-0.39, 0.29) is 17.8 Å². The lowest BCUT2D eigenvalue weighted by Gasteiger charge is -2.16.